The number of hydrogen-bond donors (Lipinski definition) is 0. The molecule has 0 radical (unpaired) electrons. The fourth-order valence-corrected chi connectivity index (χ4v) is 6.77. The lowest BCUT2D eigenvalue weighted by Crippen LogP contribution is -2.52. The Morgan fingerprint density at radius 3 is 2.00 bits per heavy atom. The standard InChI is InChI=1S/C27H50N2O3/c1-22(2)28-16-12-26(13-17-28)9-5-24(6-10-26)31-20-8-23(3)29-18-14-27(15-19-29)11-7-25(30-4)21-32-27/h22-25H,5-21H2,1-4H3. The zero-order valence-electron chi connectivity index (χ0n) is 21.4. The Morgan fingerprint density at radius 1 is 0.812 bits per heavy atom. The van der Waals surface area contributed by atoms with E-state index in [0.29, 0.717) is 29.7 Å². The molecular formula is C27H50N2O3. The highest BCUT2D eigenvalue weighted by Crippen LogP contribution is 2.45. The molecule has 3 aliphatic heterocycles. The third-order valence-corrected chi connectivity index (χ3v) is 9.63. The highest BCUT2D eigenvalue weighted by atomic mass is 16.5. The van der Waals surface area contributed by atoms with Crippen LogP contribution in [0.2, 0.25) is 0 Å². The molecule has 0 aromatic rings. The highest BCUT2D eigenvalue weighted by Gasteiger charge is 2.41. The molecule has 0 bridgehead atoms. The van der Waals surface area contributed by atoms with Crippen molar-refractivity contribution in [2.75, 3.05) is 46.5 Å². The van der Waals surface area contributed by atoms with Crippen LogP contribution in [-0.4, -0.2) is 86.2 Å². The number of likely N-dealkylation sites (tertiary alicyclic amines) is 2. The van der Waals surface area contributed by atoms with Gasteiger partial charge in [-0.3, -0.25) is 0 Å². The summed E-state index contributed by atoms with van der Waals surface area (Å²) in [6.07, 6.45) is 14.8. The average Bonchev–Trinajstić information content (AvgIpc) is 2.82. The van der Waals surface area contributed by atoms with E-state index < -0.39 is 0 Å². The van der Waals surface area contributed by atoms with E-state index in [1.54, 1.807) is 7.11 Å². The fourth-order valence-electron chi connectivity index (χ4n) is 6.77. The summed E-state index contributed by atoms with van der Waals surface area (Å²) in [5.74, 6) is 0. The molecular weight excluding hydrogens is 400 g/mol. The molecule has 3 heterocycles. The van der Waals surface area contributed by atoms with E-state index >= 15 is 0 Å². The molecule has 3 saturated heterocycles. The maximum absolute atomic E-state index is 6.40. The summed E-state index contributed by atoms with van der Waals surface area (Å²) in [6, 6.07) is 1.32. The predicted octanol–water partition coefficient (Wildman–Crippen LogP) is 4.87. The maximum Gasteiger partial charge on any atom is 0.0806 e. The van der Waals surface area contributed by atoms with Gasteiger partial charge in [-0.25, -0.2) is 0 Å². The first-order valence-corrected chi connectivity index (χ1v) is 13.7. The monoisotopic (exact) mass is 450 g/mol. The zero-order chi connectivity index (χ0) is 22.6. The summed E-state index contributed by atoms with van der Waals surface area (Å²) in [7, 11) is 1.81. The number of ether oxygens (including phenoxy) is 3. The van der Waals surface area contributed by atoms with Gasteiger partial charge in [0.1, 0.15) is 0 Å². The lowest BCUT2D eigenvalue weighted by atomic mass is 9.67. The molecule has 2 spiro atoms. The van der Waals surface area contributed by atoms with Gasteiger partial charge in [-0.2, -0.15) is 0 Å². The van der Waals surface area contributed by atoms with E-state index in [1.165, 1.54) is 64.5 Å². The third kappa shape index (κ3) is 6.07. The molecule has 0 aromatic carbocycles. The summed E-state index contributed by atoms with van der Waals surface area (Å²) in [5, 5.41) is 0. The van der Waals surface area contributed by atoms with Crippen molar-refractivity contribution in [3.63, 3.8) is 0 Å². The minimum absolute atomic E-state index is 0.130. The van der Waals surface area contributed by atoms with Gasteiger partial charge in [0, 0.05) is 38.9 Å². The van der Waals surface area contributed by atoms with E-state index in [2.05, 4.69) is 30.6 Å². The van der Waals surface area contributed by atoms with Crippen molar-refractivity contribution >= 4 is 0 Å². The molecule has 186 valence electrons. The molecule has 0 aromatic heterocycles. The lowest BCUT2D eigenvalue weighted by molar-refractivity contribution is -0.155. The number of nitrogens with zero attached hydrogens (tertiary/aromatic N) is 2. The van der Waals surface area contributed by atoms with Crippen molar-refractivity contribution in [1.82, 2.24) is 9.80 Å². The van der Waals surface area contributed by atoms with Gasteiger partial charge >= 0.3 is 0 Å². The van der Waals surface area contributed by atoms with Gasteiger partial charge in [0.05, 0.1) is 24.4 Å². The van der Waals surface area contributed by atoms with Crippen LogP contribution in [-0.2, 0) is 14.2 Å². The second kappa shape index (κ2) is 11.0. The SMILES string of the molecule is COC1CCC2(CCN(C(C)CCOC3CCC4(CC3)CCN(C(C)C)CC4)CC2)OC1. The summed E-state index contributed by atoms with van der Waals surface area (Å²) < 4.78 is 18.2. The molecule has 5 nitrogen and oxygen atoms in total. The number of rotatable bonds is 7. The van der Waals surface area contributed by atoms with Gasteiger partial charge in [-0.15, -0.1) is 0 Å². The third-order valence-electron chi connectivity index (χ3n) is 9.63. The first kappa shape index (κ1) is 24.9. The van der Waals surface area contributed by atoms with Gasteiger partial charge < -0.3 is 24.0 Å². The van der Waals surface area contributed by atoms with Crippen LogP contribution in [0.25, 0.3) is 0 Å². The molecule has 1 saturated carbocycles. The van der Waals surface area contributed by atoms with Crippen molar-refractivity contribution in [3.8, 4) is 0 Å². The van der Waals surface area contributed by atoms with Crippen LogP contribution in [0.1, 0.15) is 91.4 Å². The molecule has 4 aliphatic rings. The molecule has 1 aliphatic carbocycles. The average molecular weight is 451 g/mol. The van der Waals surface area contributed by atoms with Crippen LogP contribution in [0.5, 0.6) is 0 Å². The van der Waals surface area contributed by atoms with Crippen molar-refractivity contribution in [1.29, 1.82) is 0 Å². The van der Waals surface area contributed by atoms with Crippen molar-refractivity contribution in [2.24, 2.45) is 5.41 Å². The maximum atomic E-state index is 6.40. The first-order chi connectivity index (χ1) is 15.4. The minimum Gasteiger partial charge on any atom is -0.379 e. The summed E-state index contributed by atoms with van der Waals surface area (Å²) in [5.41, 5.74) is 0.762. The summed E-state index contributed by atoms with van der Waals surface area (Å²) in [4.78, 5) is 5.33. The summed E-state index contributed by atoms with van der Waals surface area (Å²) in [6.45, 7) is 13.7. The lowest BCUT2D eigenvalue weighted by Gasteiger charge is -2.47. The van der Waals surface area contributed by atoms with Gasteiger partial charge in [-0.1, -0.05) is 0 Å². The van der Waals surface area contributed by atoms with Gasteiger partial charge in [-0.05, 0) is 110 Å². The molecule has 32 heavy (non-hydrogen) atoms. The molecule has 4 fully saturated rings. The Labute approximate surface area is 197 Å². The zero-order valence-corrected chi connectivity index (χ0v) is 21.4. The second-order valence-corrected chi connectivity index (χ2v) is 11.8. The Morgan fingerprint density at radius 2 is 1.44 bits per heavy atom. The largest absolute Gasteiger partial charge is 0.379 e. The van der Waals surface area contributed by atoms with Crippen molar-refractivity contribution in [3.05, 3.63) is 0 Å². The Balaban J connectivity index is 1.10. The second-order valence-electron chi connectivity index (χ2n) is 11.8. The van der Waals surface area contributed by atoms with E-state index in [9.17, 15) is 0 Å². The molecule has 2 atom stereocenters. The normalized spacial score (nSPS) is 32.5. The van der Waals surface area contributed by atoms with Crippen LogP contribution < -0.4 is 0 Å². The van der Waals surface area contributed by atoms with E-state index in [4.69, 9.17) is 14.2 Å². The van der Waals surface area contributed by atoms with Crippen LogP contribution in [0.3, 0.4) is 0 Å². The predicted molar refractivity (Wildman–Crippen MR) is 130 cm³/mol. The van der Waals surface area contributed by atoms with E-state index in [0.717, 1.165) is 45.6 Å². The van der Waals surface area contributed by atoms with Gasteiger partial charge in [0.2, 0.25) is 0 Å². The fraction of sp³-hybridized carbons (Fsp3) is 1.00. The first-order valence-electron chi connectivity index (χ1n) is 13.7. The Kier molecular flexibility index (Phi) is 8.59. The molecule has 0 amide bonds. The van der Waals surface area contributed by atoms with Gasteiger partial charge in [0.15, 0.2) is 0 Å². The quantitative estimate of drug-likeness (QED) is 0.552. The van der Waals surface area contributed by atoms with E-state index in [1.807, 2.05) is 0 Å². The minimum atomic E-state index is 0.130. The van der Waals surface area contributed by atoms with Crippen LogP contribution in [0, 0.1) is 5.41 Å². The number of hydrogen-bond acceptors (Lipinski definition) is 5. The number of methoxy groups -OCH3 is 1. The Bertz CT molecular complexity index is 547. The van der Waals surface area contributed by atoms with Crippen molar-refractivity contribution in [2.45, 2.75) is 121 Å². The molecule has 5 heteroatoms. The number of piperidine rings is 2. The molecule has 2 unspecified atom stereocenters. The highest BCUT2D eigenvalue weighted by molar-refractivity contribution is 4.93. The molecule has 0 N–H and O–H groups in total. The summed E-state index contributed by atoms with van der Waals surface area (Å²) >= 11 is 0. The smallest absolute Gasteiger partial charge is 0.0806 e. The molecule has 4 rings (SSSR count). The van der Waals surface area contributed by atoms with E-state index in [-0.39, 0.29) is 5.60 Å². The van der Waals surface area contributed by atoms with Crippen LogP contribution in [0.15, 0.2) is 0 Å². The van der Waals surface area contributed by atoms with Crippen LogP contribution in [0.4, 0.5) is 0 Å². The van der Waals surface area contributed by atoms with Crippen LogP contribution >= 0.6 is 0 Å². The van der Waals surface area contributed by atoms with Gasteiger partial charge in [0.25, 0.3) is 0 Å². The van der Waals surface area contributed by atoms with Crippen molar-refractivity contribution < 1.29 is 14.2 Å². The topological polar surface area (TPSA) is 34.2 Å². The Hall–Kier alpha value is -0.200.